The Morgan fingerprint density at radius 3 is 2.57 bits per heavy atom. The van der Waals surface area contributed by atoms with E-state index in [1.54, 1.807) is 31.4 Å². The Hall–Kier alpha value is -2.48. The molecule has 0 aliphatic carbocycles. The summed E-state index contributed by atoms with van der Waals surface area (Å²) in [7, 11) is 2.96. The van der Waals surface area contributed by atoms with Crippen molar-refractivity contribution in [2.24, 2.45) is 4.99 Å². The summed E-state index contributed by atoms with van der Waals surface area (Å²) in [6.45, 7) is 1.02. The van der Waals surface area contributed by atoms with Gasteiger partial charge in [0.2, 0.25) is 0 Å². The number of nitrogens with zero attached hydrogens (tertiary/aromatic N) is 2. The van der Waals surface area contributed by atoms with Crippen molar-refractivity contribution in [2.45, 2.75) is 13.0 Å². The van der Waals surface area contributed by atoms with Gasteiger partial charge in [-0.1, -0.05) is 35.1 Å². The van der Waals surface area contributed by atoms with Gasteiger partial charge in [-0.2, -0.15) is 4.99 Å². The average Bonchev–Trinajstić information content (AvgIpc) is 3.03. The lowest BCUT2D eigenvalue weighted by Gasteiger charge is -2.05. The molecule has 0 unspecified atom stereocenters. The molecule has 0 aliphatic heterocycles. The van der Waals surface area contributed by atoms with Crippen molar-refractivity contribution in [3.63, 3.8) is 0 Å². The highest BCUT2D eigenvalue weighted by molar-refractivity contribution is 7.16. The molecule has 0 fully saturated rings. The fourth-order valence-corrected chi connectivity index (χ4v) is 3.96. The number of thiazole rings is 1. The zero-order valence-electron chi connectivity index (χ0n) is 15.5. The van der Waals surface area contributed by atoms with Crippen molar-refractivity contribution in [1.82, 2.24) is 4.57 Å². The van der Waals surface area contributed by atoms with Gasteiger partial charge in [-0.25, -0.2) is 4.79 Å². The summed E-state index contributed by atoms with van der Waals surface area (Å²) in [6.07, 6.45) is 0.184. The van der Waals surface area contributed by atoms with Crippen LogP contribution in [0.5, 0.6) is 0 Å². The normalized spacial score (nSPS) is 11.8. The molecular weight excluding hydrogens is 400 g/mol. The van der Waals surface area contributed by atoms with Crippen molar-refractivity contribution >= 4 is 45.0 Å². The number of esters is 1. The number of rotatable bonds is 6. The largest absolute Gasteiger partial charge is 0.465 e. The van der Waals surface area contributed by atoms with Gasteiger partial charge in [-0.05, 0) is 35.9 Å². The van der Waals surface area contributed by atoms with Gasteiger partial charge in [0.1, 0.15) is 0 Å². The fraction of sp³-hybridized carbons (Fsp3) is 0.250. The monoisotopic (exact) mass is 418 g/mol. The SMILES string of the molecule is COCCn1c(=NC(=O)Cc2ccc(Cl)cc2)sc2cc(C(=O)OC)ccc21. The maximum atomic E-state index is 12.5. The first-order valence-electron chi connectivity index (χ1n) is 8.54. The number of carbonyl (C=O) groups excluding carboxylic acids is 2. The first-order valence-corrected chi connectivity index (χ1v) is 9.74. The Labute approximate surface area is 171 Å². The molecule has 3 rings (SSSR count). The maximum absolute atomic E-state index is 12.5. The molecule has 6 nitrogen and oxygen atoms in total. The van der Waals surface area contributed by atoms with E-state index in [4.69, 9.17) is 21.1 Å². The average molecular weight is 419 g/mol. The lowest BCUT2D eigenvalue weighted by Crippen LogP contribution is -2.19. The first kappa shape index (κ1) is 20.3. The zero-order chi connectivity index (χ0) is 20.1. The van der Waals surface area contributed by atoms with Gasteiger partial charge in [-0.15, -0.1) is 0 Å². The second-order valence-electron chi connectivity index (χ2n) is 6.01. The molecule has 0 spiro atoms. The number of hydrogen-bond acceptors (Lipinski definition) is 5. The summed E-state index contributed by atoms with van der Waals surface area (Å²) in [6, 6.07) is 12.4. The summed E-state index contributed by atoms with van der Waals surface area (Å²) in [4.78, 5) is 29.1. The van der Waals surface area contributed by atoms with E-state index in [9.17, 15) is 9.59 Å². The Bertz CT molecular complexity index is 1070. The molecule has 0 N–H and O–H groups in total. The molecule has 3 aromatic rings. The number of amides is 1. The van der Waals surface area contributed by atoms with Gasteiger partial charge in [0.15, 0.2) is 4.80 Å². The van der Waals surface area contributed by atoms with Gasteiger partial charge >= 0.3 is 5.97 Å². The minimum Gasteiger partial charge on any atom is -0.465 e. The summed E-state index contributed by atoms with van der Waals surface area (Å²) in [5.74, 6) is -0.663. The quantitative estimate of drug-likeness (QED) is 0.575. The third kappa shape index (κ3) is 4.67. The second kappa shape index (κ2) is 9.14. The third-order valence-electron chi connectivity index (χ3n) is 4.11. The first-order chi connectivity index (χ1) is 13.5. The van der Waals surface area contributed by atoms with Crippen LogP contribution >= 0.6 is 22.9 Å². The topological polar surface area (TPSA) is 69.9 Å². The molecule has 0 saturated carbocycles. The molecule has 2 aromatic carbocycles. The molecule has 28 heavy (non-hydrogen) atoms. The predicted molar refractivity (Wildman–Crippen MR) is 109 cm³/mol. The van der Waals surface area contributed by atoms with Crippen molar-refractivity contribution in [3.8, 4) is 0 Å². The van der Waals surface area contributed by atoms with Crippen LogP contribution in [0, 0.1) is 0 Å². The number of halogens is 1. The number of methoxy groups -OCH3 is 2. The highest BCUT2D eigenvalue weighted by Crippen LogP contribution is 2.20. The fourth-order valence-electron chi connectivity index (χ4n) is 2.73. The van der Waals surface area contributed by atoms with Crippen LogP contribution in [0.25, 0.3) is 10.2 Å². The van der Waals surface area contributed by atoms with Crippen molar-refractivity contribution < 1.29 is 19.1 Å². The van der Waals surface area contributed by atoms with Crippen LogP contribution < -0.4 is 4.80 Å². The van der Waals surface area contributed by atoms with E-state index in [1.165, 1.54) is 18.4 Å². The zero-order valence-corrected chi connectivity index (χ0v) is 17.0. The van der Waals surface area contributed by atoms with Gasteiger partial charge in [0, 0.05) is 18.7 Å². The molecule has 146 valence electrons. The Morgan fingerprint density at radius 1 is 1.14 bits per heavy atom. The lowest BCUT2D eigenvalue weighted by atomic mass is 10.1. The van der Waals surface area contributed by atoms with E-state index in [0.717, 1.165) is 15.8 Å². The van der Waals surface area contributed by atoms with Gasteiger partial charge in [-0.3, -0.25) is 4.79 Å². The minimum atomic E-state index is -0.406. The molecule has 0 bridgehead atoms. The van der Waals surface area contributed by atoms with E-state index < -0.39 is 5.97 Å². The van der Waals surface area contributed by atoms with E-state index in [1.807, 2.05) is 22.8 Å². The lowest BCUT2D eigenvalue weighted by molar-refractivity contribution is -0.117. The number of fused-ring (bicyclic) bond motifs is 1. The maximum Gasteiger partial charge on any atom is 0.337 e. The van der Waals surface area contributed by atoms with E-state index in [0.29, 0.717) is 28.5 Å². The van der Waals surface area contributed by atoms with Crippen molar-refractivity contribution in [2.75, 3.05) is 20.8 Å². The van der Waals surface area contributed by atoms with Crippen LogP contribution in [0.2, 0.25) is 5.02 Å². The summed E-state index contributed by atoms with van der Waals surface area (Å²) < 4.78 is 12.7. The van der Waals surface area contributed by atoms with Crippen LogP contribution in [0.1, 0.15) is 15.9 Å². The number of ether oxygens (including phenoxy) is 2. The van der Waals surface area contributed by atoms with Crippen LogP contribution in [0.4, 0.5) is 0 Å². The molecule has 0 saturated heterocycles. The smallest absolute Gasteiger partial charge is 0.337 e. The molecule has 0 radical (unpaired) electrons. The van der Waals surface area contributed by atoms with Crippen LogP contribution in [-0.4, -0.2) is 37.3 Å². The van der Waals surface area contributed by atoms with Crippen LogP contribution in [0.3, 0.4) is 0 Å². The number of hydrogen-bond donors (Lipinski definition) is 0. The van der Waals surface area contributed by atoms with Gasteiger partial charge in [0.05, 0.1) is 35.9 Å². The third-order valence-corrected chi connectivity index (χ3v) is 5.40. The highest BCUT2D eigenvalue weighted by atomic mass is 35.5. The molecule has 8 heteroatoms. The second-order valence-corrected chi connectivity index (χ2v) is 7.46. The Kier molecular flexibility index (Phi) is 6.61. The van der Waals surface area contributed by atoms with Crippen LogP contribution in [-0.2, 0) is 27.2 Å². The molecule has 1 amide bonds. The Balaban J connectivity index is 1.99. The molecule has 0 aliphatic rings. The molecular formula is C20H19ClN2O4S. The number of benzene rings is 2. The van der Waals surface area contributed by atoms with E-state index in [-0.39, 0.29) is 12.3 Å². The van der Waals surface area contributed by atoms with Crippen LogP contribution in [0.15, 0.2) is 47.5 Å². The molecule has 1 heterocycles. The summed E-state index contributed by atoms with van der Waals surface area (Å²) in [5.41, 5.74) is 2.18. The number of carbonyl (C=O) groups is 2. The van der Waals surface area contributed by atoms with E-state index in [2.05, 4.69) is 4.99 Å². The van der Waals surface area contributed by atoms with Gasteiger partial charge in [0.25, 0.3) is 5.91 Å². The molecule has 0 atom stereocenters. The summed E-state index contributed by atoms with van der Waals surface area (Å²) in [5, 5.41) is 0.622. The number of aromatic nitrogens is 1. The summed E-state index contributed by atoms with van der Waals surface area (Å²) >= 11 is 7.23. The van der Waals surface area contributed by atoms with Crippen molar-refractivity contribution in [3.05, 3.63) is 63.4 Å². The van der Waals surface area contributed by atoms with Gasteiger partial charge < -0.3 is 14.0 Å². The Morgan fingerprint density at radius 2 is 1.89 bits per heavy atom. The standard InChI is InChI=1S/C20H19ClN2O4S/c1-26-10-9-23-16-8-5-14(19(25)27-2)12-17(16)28-20(23)22-18(24)11-13-3-6-15(21)7-4-13/h3-8,12H,9-11H2,1-2H3. The highest BCUT2D eigenvalue weighted by Gasteiger charge is 2.12. The van der Waals surface area contributed by atoms with Crippen molar-refractivity contribution in [1.29, 1.82) is 0 Å². The minimum absolute atomic E-state index is 0.184. The predicted octanol–water partition coefficient (Wildman–Crippen LogP) is 3.46. The molecule has 1 aromatic heterocycles. The van der Waals surface area contributed by atoms with E-state index >= 15 is 0 Å².